The van der Waals surface area contributed by atoms with Crippen LogP contribution in [0.5, 0.6) is 0 Å². The van der Waals surface area contributed by atoms with Gasteiger partial charge in [0.25, 0.3) is 5.91 Å². The molecule has 0 bridgehead atoms. The Bertz CT molecular complexity index is 1470. The lowest BCUT2D eigenvalue weighted by Crippen LogP contribution is -2.63. The number of urea groups is 1. The second-order valence-corrected chi connectivity index (χ2v) is 13.7. The van der Waals surface area contributed by atoms with Gasteiger partial charge >= 0.3 is 6.03 Å². The van der Waals surface area contributed by atoms with Gasteiger partial charge in [-0.1, -0.05) is 40.7 Å². The number of amides is 4. The molecule has 1 aromatic carbocycles. The maximum absolute atomic E-state index is 13.8. The highest BCUT2D eigenvalue weighted by Gasteiger charge is 2.42. The van der Waals surface area contributed by atoms with Gasteiger partial charge in [-0.25, -0.2) is 9.78 Å². The molecule has 3 heterocycles. The molecule has 0 spiro atoms. The lowest BCUT2D eigenvalue weighted by molar-refractivity contribution is -0.133. The molecule has 10 heteroatoms. The average molecular weight is 591 g/mol. The molecule has 1 fully saturated rings. The summed E-state index contributed by atoms with van der Waals surface area (Å²) in [6.07, 6.45) is 1.83. The van der Waals surface area contributed by atoms with Gasteiger partial charge in [-0.3, -0.25) is 14.9 Å². The Morgan fingerprint density at radius 1 is 1.12 bits per heavy atom. The van der Waals surface area contributed by atoms with Crippen LogP contribution < -0.4 is 21.3 Å². The van der Waals surface area contributed by atoms with Crippen molar-refractivity contribution in [1.29, 1.82) is 0 Å². The van der Waals surface area contributed by atoms with Crippen molar-refractivity contribution >= 4 is 45.7 Å². The summed E-state index contributed by atoms with van der Waals surface area (Å²) >= 11 is 1.37. The normalized spacial score (nSPS) is 14.9. The van der Waals surface area contributed by atoms with E-state index < -0.39 is 11.6 Å². The van der Waals surface area contributed by atoms with E-state index in [4.69, 9.17) is 0 Å². The number of carbonyl (C=O) groups excluding carboxylic acids is 3. The Labute approximate surface area is 252 Å². The minimum Gasteiger partial charge on any atom is -0.370 e. The average Bonchev–Trinajstić information content (AvgIpc) is 3.34. The van der Waals surface area contributed by atoms with E-state index in [1.165, 1.54) is 11.3 Å². The van der Waals surface area contributed by atoms with Crippen molar-refractivity contribution in [2.45, 2.75) is 66.3 Å². The number of piperazine rings is 1. The number of aryl methyl sites for hydroxylation is 1. The van der Waals surface area contributed by atoms with E-state index in [-0.39, 0.29) is 17.2 Å². The van der Waals surface area contributed by atoms with Crippen LogP contribution in [0.2, 0.25) is 0 Å². The largest absolute Gasteiger partial charge is 0.370 e. The van der Waals surface area contributed by atoms with Crippen LogP contribution in [0.25, 0.3) is 11.1 Å². The number of anilines is 3. The number of hydrogen-bond acceptors (Lipinski definition) is 6. The monoisotopic (exact) mass is 590 g/mol. The van der Waals surface area contributed by atoms with Crippen LogP contribution in [0.3, 0.4) is 0 Å². The van der Waals surface area contributed by atoms with E-state index >= 15 is 0 Å². The third-order valence-corrected chi connectivity index (χ3v) is 8.76. The first-order valence-electron chi connectivity index (χ1n) is 14.3. The Morgan fingerprint density at radius 3 is 2.50 bits per heavy atom. The van der Waals surface area contributed by atoms with E-state index in [1.807, 2.05) is 49.5 Å². The smallest absolute Gasteiger partial charge is 0.324 e. The zero-order valence-corrected chi connectivity index (χ0v) is 26.6. The molecule has 3 aromatic rings. The predicted molar refractivity (Wildman–Crippen MR) is 172 cm³/mol. The van der Waals surface area contributed by atoms with Gasteiger partial charge in [0.05, 0.1) is 5.56 Å². The molecule has 0 radical (unpaired) electrons. The molecule has 4 amide bonds. The molecule has 9 nitrogen and oxygen atoms in total. The van der Waals surface area contributed by atoms with Crippen molar-refractivity contribution in [3.05, 3.63) is 58.6 Å². The summed E-state index contributed by atoms with van der Waals surface area (Å²) < 4.78 is 0. The van der Waals surface area contributed by atoms with Crippen LogP contribution >= 0.6 is 11.3 Å². The summed E-state index contributed by atoms with van der Waals surface area (Å²) in [6.45, 7) is 17.6. The van der Waals surface area contributed by atoms with Crippen molar-refractivity contribution in [3.63, 3.8) is 0 Å². The van der Waals surface area contributed by atoms with Gasteiger partial charge < -0.3 is 20.9 Å². The Kier molecular flexibility index (Phi) is 8.96. The van der Waals surface area contributed by atoms with Crippen molar-refractivity contribution in [1.82, 2.24) is 15.2 Å². The SMILES string of the molecule is Cc1ccc(NC(=O)Nc2sc(C(C)(C)C)cc2C(=O)N2CCNC(=O)C2(C)C)cc1-c1ccc(NCC(C)C)nc1. The molecular weight excluding hydrogens is 548 g/mol. The fourth-order valence-electron chi connectivity index (χ4n) is 4.66. The first-order chi connectivity index (χ1) is 19.7. The summed E-state index contributed by atoms with van der Waals surface area (Å²) in [5.41, 5.74) is 2.72. The lowest BCUT2D eigenvalue weighted by Gasteiger charge is -2.41. The molecule has 1 aliphatic rings. The number of rotatable bonds is 7. The quantitative estimate of drug-likeness (QED) is 0.251. The molecule has 224 valence electrons. The number of aromatic nitrogens is 1. The fourth-order valence-corrected chi connectivity index (χ4v) is 5.76. The number of benzene rings is 1. The zero-order valence-electron chi connectivity index (χ0n) is 25.8. The van der Waals surface area contributed by atoms with Crippen LogP contribution in [-0.4, -0.2) is 52.9 Å². The predicted octanol–water partition coefficient (Wildman–Crippen LogP) is 6.48. The lowest BCUT2D eigenvalue weighted by atomic mass is 9.93. The Morgan fingerprint density at radius 2 is 1.86 bits per heavy atom. The molecule has 0 unspecified atom stereocenters. The number of thiophene rings is 1. The molecular formula is C32H42N6O3S. The highest BCUT2D eigenvalue weighted by molar-refractivity contribution is 7.16. The van der Waals surface area contributed by atoms with Gasteiger partial charge in [0, 0.05) is 42.0 Å². The number of hydrogen-bond donors (Lipinski definition) is 4. The molecule has 0 atom stereocenters. The van der Waals surface area contributed by atoms with Crippen LogP contribution in [0.15, 0.2) is 42.6 Å². The minimum atomic E-state index is -1.01. The standard InChI is InChI=1S/C32H42N6O3S/c1-19(2)17-34-26-12-10-21(18-35-26)23-15-22(11-9-20(23)3)36-30(41)37-27-24(16-25(42-27)31(4,5)6)28(39)38-14-13-33-29(40)32(38,7)8/h9-12,15-16,18-19H,13-14,17H2,1-8H3,(H,33,40)(H,34,35)(H2,36,37,41). The van der Waals surface area contributed by atoms with Gasteiger partial charge in [0.1, 0.15) is 16.4 Å². The van der Waals surface area contributed by atoms with Crippen molar-refractivity contribution in [2.75, 3.05) is 35.6 Å². The number of carbonyl (C=O) groups is 3. The molecule has 2 aromatic heterocycles. The molecule has 4 N–H and O–H groups in total. The van der Waals surface area contributed by atoms with E-state index in [0.717, 1.165) is 33.9 Å². The first kappa shape index (κ1) is 31.0. The van der Waals surface area contributed by atoms with Crippen molar-refractivity contribution in [3.8, 4) is 11.1 Å². The van der Waals surface area contributed by atoms with Crippen molar-refractivity contribution < 1.29 is 14.4 Å². The molecule has 0 aliphatic carbocycles. The molecule has 42 heavy (non-hydrogen) atoms. The third kappa shape index (κ3) is 6.92. The highest BCUT2D eigenvalue weighted by atomic mass is 32.1. The van der Waals surface area contributed by atoms with Crippen LogP contribution in [0.4, 0.5) is 21.3 Å². The van der Waals surface area contributed by atoms with Gasteiger partial charge in [-0.15, -0.1) is 11.3 Å². The van der Waals surface area contributed by atoms with E-state index in [0.29, 0.717) is 35.3 Å². The molecule has 1 aliphatic heterocycles. The van der Waals surface area contributed by atoms with Gasteiger partial charge in [-0.05, 0) is 73.6 Å². The van der Waals surface area contributed by atoms with E-state index in [1.54, 1.807) is 18.7 Å². The third-order valence-electron chi connectivity index (χ3n) is 7.29. The number of nitrogens with zero attached hydrogens (tertiary/aromatic N) is 2. The van der Waals surface area contributed by atoms with Crippen LogP contribution in [0.1, 0.15) is 69.3 Å². The number of nitrogens with one attached hydrogen (secondary N) is 4. The summed E-state index contributed by atoms with van der Waals surface area (Å²) in [6, 6.07) is 11.1. The maximum Gasteiger partial charge on any atom is 0.324 e. The fraction of sp³-hybridized carbons (Fsp3) is 0.438. The first-order valence-corrected chi connectivity index (χ1v) is 15.1. The van der Waals surface area contributed by atoms with Gasteiger partial charge in [0.15, 0.2) is 0 Å². The second-order valence-electron chi connectivity index (χ2n) is 12.7. The van der Waals surface area contributed by atoms with Gasteiger partial charge in [0.2, 0.25) is 5.91 Å². The topological polar surface area (TPSA) is 115 Å². The van der Waals surface area contributed by atoms with E-state index in [2.05, 4.69) is 60.9 Å². The second kappa shape index (κ2) is 12.1. The Hall–Kier alpha value is -3.92. The minimum absolute atomic E-state index is 0.201. The molecule has 4 rings (SSSR count). The van der Waals surface area contributed by atoms with Crippen molar-refractivity contribution in [2.24, 2.45) is 5.92 Å². The van der Waals surface area contributed by atoms with Gasteiger partial charge in [-0.2, -0.15) is 0 Å². The zero-order chi connectivity index (χ0) is 30.8. The van der Waals surface area contributed by atoms with E-state index in [9.17, 15) is 14.4 Å². The Balaban J connectivity index is 1.55. The highest BCUT2D eigenvalue weighted by Crippen LogP contribution is 2.38. The maximum atomic E-state index is 13.8. The summed E-state index contributed by atoms with van der Waals surface area (Å²) in [7, 11) is 0. The van der Waals surface area contributed by atoms with Crippen LogP contribution in [0, 0.1) is 12.8 Å². The molecule has 1 saturated heterocycles. The molecule has 0 saturated carbocycles. The summed E-state index contributed by atoms with van der Waals surface area (Å²) in [5, 5.41) is 12.4. The summed E-state index contributed by atoms with van der Waals surface area (Å²) in [4.78, 5) is 46.6. The number of pyridine rings is 1. The van der Waals surface area contributed by atoms with Crippen LogP contribution in [-0.2, 0) is 10.2 Å². The summed E-state index contributed by atoms with van der Waals surface area (Å²) in [5.74, 6) is 0.855.